The largest absolute Gasteiger partial charge is 0.534 e. The number of carbonyl (C=O) groups excluding carboxylic acids is 1. The van der Waals surface area contributed by atoms with Crippen LogP contribution in [0.3, 0.4) is 0 Å². The van der Waals surface area contributed by atoms with Crippen molar-refractivity contribution in [3.63, 3.8) is 0 Å². The van der Waals surface area contributed by atoms with Gasteiger partial charge in [0.2, 0.25) is 0 Å². The zero-order valence-electron chi connectivity index (χ0n) is 14.7. The topological polar surface area (TPSA) is 69.7 Å². The molecule has 152 valence electrons. The van der Waals surface area contributed by atoms with Gasteiger partial charge in [-0.2, -0.15) is 21.6 Å². The summed E-state index contributed by atoms with van der Waals surface area (Å²) in [5.41, 5.74) is -6.02. The van der Waals surface area contributed by atoms with Gasteiger partial charge in [-0.05, 0) is 40.6 Å². The van der Waals surface area contributed by atoms with Gasteiger partial charge in [-0.15, -0.1) is 0 Å². The highest BCUT2D eigenvalue weighted by molar-refractivity contribution is 7.88. The Morgan fingerprint density at radius 1 is 1.00 bits per heavy atom. The van der Waals surface area contributed by atoms with Crippen LogP contribution < -0.4 is 4.18 Å². The number of benzene rings is 3. The first-order valence-corrected chi connectivity index (χ1v) is 9.36. The Balaban J connectivity index is 2.26. The van der Waals surface area contributed by atoms with E-state index in [1.54, 1.807) is 12.1 Å². The van der Waals surface area contributed by atoms with Gasteiger partial charge in [0.15, 0.2) is 5.75 Å². The van der Waals surface area contributed by atoms with Crippen molar-refractivity contribution >= 4 is 26.9 Å². The molecule has 3 aromatic rings. The Labute approximate surface area is 162 Å². The molecule has 0 saturated carbocycles. The molecule has 3 aromatic carbocycles. The number of hydrogen-bond donors (Lipinski definition) is 0. The number of carbonyl (C=O) groups is 1. The van der Waals surface area contributed by atoms with Gasteiger partial charge in [-0.3, -0.25) is 0 Å². The molecule has 0 aliphatic carbocycles. The zero-order valence-corrected chi connectivity index (χ0v) is 15.5. The fraction of sp³-hybridized carbons (Fsp3) is 0.105. The number of esters is 1. The Morgan fingerprint density at radius 2 is 1.69 bits per heavy atom. The summed E-state index contributed by atoms with van der Waals surface area (Å²) in [6.07, 6.45) is 0. The van der Waals surface area contributed by atoms with Crippen LogP contribution in [-0.4, -0.2) is 27.0 Å². The van der Waals surface area contributed by atoms with E-state index in [1.807, 2.05) is 0 Å². The van der Waals surface area contributed by atoms with E-state index in [-0.39, 0.29) is 16.5 Å². The SMILES string of the molecule is COC(=O)c1ccc2cccc(-c3c(F)cccc3OS(=O)(=O)C(F)(F)F)c2c1. The van der Waals surface area contributed by atoms with Crippen LogP contribution in [0.5, 0.6) is 5.75 Å². The highest BCUT2D eigenvalue weighted by Gasteiger charge is 2.49. The minimum Gasteiger partial charge on any atom is -0.465 e. The summed E-state index contributed by atoms with van der Waals surface area (Å²) in [5, 5.41) is 0.817. The predicted octanol–water partition coefficient (Wildman–Crippen LogP) is 4.66. The van der Waals surface area contributed by atoms with E-state index in [9.17, 15) is 30.8 Å². The summed E-state index contributed by atoms with van der Waals surface area (Å²) in [7, 11) is -4.85. The molecule has 29 heavy (non-hydrogen) atoms. The van der Waals surface area contributed by atoms with Crippen LogP contribution in [0.25, 0.3) is 21.9 Å². The molecule has 10 heteroatoms. The Morgan fingerprint density at radius 3 is 2.34 bits per heavy atom. The molecule has 0 aromatic heterocycles. The summed E-state index contributed by atoms with van der Waals surface area (Å²) < 4.78 is 84.5. The molecule has 0 amide bonds. The van der Waals surface area contributed by atoms with Gasteiger partial charge in [0.1, 0.15) is 5.82 Å². The molecule has 0 bridgehead atoms. The lowest BCUT2D eigenvalue weighted by Gasteiger charge is -2.15. The Hall–Kier alpha value is -3.14. The first-order valence-electron chi connectivity index (χ1n) is 7.96. The maximum Gasteiger partial charge on any atom is 0.534 e. The van der Waals surface area contributed by atoms with Crippen LogP contribution in [0.4, 0.5) is 17.6 Å². The molecule has 0 aliphatic rings. The fourth-order valence-corrected chi connectivity index (χ4v) is 3.21. The van der Waals surface area contributed by atoms with Crippen LogP contribution in [0.1, 0.15) is 10.4 Å². The van der Waals surface area contributed by atoms with Crippen LogP contribution in [0, 0.1) is 5.82 Å². The standard InChI is InChI=1S/C19H12F4O5S/c1-27-18(24)12-9-8-11-4-2-5-13(14(11)10-12)17-15(20)6-3-7-16(17)28-29(25,26)19(21,22)23/h2-10H,1H3. The van der Waals surface area contributed by atoms with Crippen molar-refractivity contribution in [2.75, 3.05) is 7.11 Å². The normalized spacial score (nSPS) is 12.0. The lowest BCUT2D eigenvalue weighted by atomic mass is 9.96. The number of fused-ring (bicyclic) bond motifs is 1. The van der Waals surface area contributed by atoms with E-state index in [2.05, 4.69) is 8.92 Å². The molecule has 0 aliphatic heterocycles. The zero-order chi connectivity index (χ0) is 21.4. The van der Waals surface area contributed by atoms with Gasteiger partial charge >= 0.3 is 21.6 Å². The minimum absolute atomic E-state index is 0.0405. The number of halogens is 4. The van der Waals surface area contributed by atoms with Crippen molar-refractivity contribution in [2.24, 2.45) is 0 Å². The molecule has 0 saturated heterocycles. The third-order valence-electron chi connectivity index (χ3n) is 4.03. The molecule has 0 unspecified atom stereocenters. The molecular formula is C19H12F4O5S. The van der Waals surface area contributed by atoms with Gasteiger partial charge in [0.25, 0.3) is 0 Å². The second-order valence-electron chi connectivity index (χ2n) is 5.83. The van der Waals surface area contributed by atoms with E-state index in [0.29, 0.717) is 5.39 Å². The van der Waals surface area contributed by atoms with Gasteiger partial charge in [0.05, 0.1) is 18.2 Å². The highest BCUT2D eigenvalue weighted by atomic mass is 32.2. The van der Waals surface area contributed by atoms with Crippen molar-refractivity contribution < 1.29 is 39.7 Å². The average molecular weight is 428 g/mol. The maximum absolute atomic E-state index is 14.6. The number of rotatable bonds is 4. The number of methoxy groups -OCH3 is 1. The number of alkyl halides is 3. The highest BCUT2D eigenvalue weighted by Crippen LogP contribution is 2.39. The summed E-state index contributed by atoms with van der Waals surface area (Å²) in [5.74, 6) is -2.51. The van der Waals surface area contributed by atoms with Crippen LogP contribution in [-0.2, 0) is 14.9 Å². The van der Waals surface area contributed by atoms with E-state index >= 15 is 0 Å². The second-order valence-corrected chi connectivity index (χ2v) is 7.37. The molecule has 0 N–H and O–H groups in total. The van der Waals surface area contributed by atoms with Crippen molar-refractivity contribution in [1.29, 1.82) is 0 Å². The van der Waals surface area contributed by atoms with E-state index in [1.165, 1.54) is 31.4 Å². The molecule has 0 heterocycles. The summed E-state index contributed by atoms with van der Waals surface area (Å²) in [6, 6.07) is 11.8. The number of ether oxygens (including phenoxy) is 1. The predicted molar refractivity (Wildman–Crippen MR) is 96.3 cm³/mol. The van der Waals surface area contributed by atoms with Gasteiger partial charge in [-0.25, -0.2) is 9.18 Å². The van der Waals surface area contributed by atoms with Gasteiger partial charge in [0, 0.05) is 0 Å². The molecule has 3 rings (SSSR count). The summed E-state index contributed by atoms with van der Waals surface area (Å²) in [6.45, 7) is 0. The first-order chi connectivity index (χ1) is 13.5. The smallest absolute Gasteiger partial charge is 0.465 e. The summed E-state index contributed by atoms with van der Waals surface area (Å²) in [4.78, 5) is 11.8. The molecule has 5 nitrogen and oxygen atoms in total. The van der Waals surface area contributed by atoms with Gasteiger partial charge in [-0.1, -0.05) is 30.3 Å². The van der Waals surface area contributed by atoms with E-state index < -0.39 is 38.7 Å². The van der Waals surface area contributed by atoms with Crippen LogP contribution >= 0.6 is 0 Å². The molecule has 0 fully saturated rings. The lowest BCUT2D eigenvalue weighted by molar-refractivity contribution is -0.0500. The first kappa shape index (κ1) is 20.6. The van der Waals surface area contributed by atoms with Crippen molar-refractivity contribution in [3.05, 3.63) is 66.0 Å². The molecular weight excluding hydrogens is 416 g/mol. The average Bonchev–Trinajstić information content (AvgIpc) is 2.66. The van der Waals surface area contributed by atoms with E-state index in [4.69, 9.17) is 0 Å². The molecule has 0 atom stereocenters. The minimum atomic E-state index is -6.02. The number of hydrogen-bond acceptors (Lipinski definition) is 5. The summed E-state index contributed by atoms with van der Waals surface area (Å²) >= 11 is 0. The molecule has 0 radical (unpaired) electrons. The Bertz CT molecular complexity index is 1200. The fourth-order valence-electron chi connectivity index (χ4n) is 2.74. The van der Waals surface area contributed by atoms with Crippen LogP contribution in [0.2, 0.25) is 0 Å². The van der Waals surface area contributed by atoms with Crippen molar-refractivity contribution in [3.8, 4) is 16.9 Å². The van der Waals surface area contributed by atoms with Crippen molar-refractivity contribution in [1.82, 2.24) is 0 Å². The van der Waals surface area contributed by atoms with Gasteiger partial charge < -0.3 is 8.92 Å². The monoisotopic (exact) mass is 428 g/mol. The second kappa shape index (κ2) is 7.36. The third-order valence-corrected chi connectivity index (χ3v) is 5.00. The third kappa shape index (κ3) is 3.88. The maximum atomic E-state index is 14.6. The Kier molecular flexibility index (Phi) is 5.22. The van der Waals surface area contributed by atoms with Crippen LogP contribution in [0.15, 0.2) is 54.6 Å². The lowest BCUT2D eigenvalue weighted by Crippen LogP contribution is -2.28. The molecule has 0 spiro atoms. The van der Waals surface area contributed by atoms with Crippen molar-refractivity contribution in [2.45, 2.75) is 5.51 Å². The quantitative estimate of drug-likeness (QED) is 0.262. The van der Waals surface area contributed by atoms with E-state index in [0.717, 1.165) is 18.2 Å².